The molecule has 2 heterocycles. The van der Waals surface area contributed by atoms with Crippen LogP contribution in [-0.2, 0) is 6.42 Å². The zero-order valence-electron chi connectivity index (χ0n) is 11.7. The molecule has 1 unspecified atom stereocenters. The average molecular weight is 265 g/mol. The molecular weight excluding hydrogens is 242 g/mol. The van der Waals surface area contributed by atoms with E-state index in [1.54, 1.807) is 0 Å². The van der Waals surface area contributed by atoms with Crippen LogP contribution in [0.2, 0.25) is 0 Å². The number of hydrogen-bond donors (Lipinski definition) is 3. The van der Waals surface area contributed by atoms with Crippen LogP contribution in [0.1, 0.15) is 37.7 Å². The fraction of sp³-hybridized carbons (Fsp3) is 0.692. The van der Waals surface area contributed by atoms with Gasteiger partial charge in [0.25, 0.3) is 5.56 Å². The molecule has 6 nitrogen and oxygen atoms in total. The third-order valence-electron chi connectivity index (χ3n) is 3.71. The van der Waals surface area contributed by atoms with Gasteiger partial charge in [-0.05, 0) is 12.8 Å². The molecule has 1 aliphatic rings. The number of nitrogen functional groups attached to an aromatic ring is 1. The monoisotopic (exact) mass is 265 g/mol. The molecule has 4 N–H and O–H groups in total. The zero-order valence-corrected chi connectivity index (χ0v) is 11.7. The predicted molar refractivity (Wildman–Crippen MR) is 76.1 cm³/mol. The average Bonchev–Trinajstić information content (AvgIpc) is 2.40. The minimum Gasteiger partial charge on any atom is -0.383 e. The van der Waals surface area contributed by atoms with Gasteiger partial charge in [-0.15, -0.1) is 0 Å². The number of hydrogen-bond acceptors (Lipinski definition) is 5. The molecule has 1 atom stereocenters. The van der Waals surface area contributed by atoms with Gasteiger partial charge >= 0.3 is 0 Å². The van der Waals surface area contributed by atoms with Gasteiger partial charge in [0.1, 0.15) is 11.6 Å². The Morgan fingerprint density at radius 3 is 2.58 bits per heavy atom. The van der Waals surface area contributed by atoms with Gasteiger partial charge in [-0.1, -0.05) is 13.8 Å². The summed E-state index contributed by atoms with van der Waals surface area (Å²) < 4.78 is 0. The first-order valence-corrected chi connectivity index (χ1v) is 7.00. The van der Waals surface area contributed by atoms with Gasteiger partial charge in [0, 0.05) is 26.2 Å². The van der Waals surface area contributed by atoms with Crippen molar-refractivity contribution >= 4 is 5.82 Å². The molecule has 1 aromatic heterocycles. The van der Waals surface area contributed by atoms with Gasteiger partial charge in [-0.3, -0.25) is 9.69 Å². The van der Waals surface area contributed by atoms with E-state index in [9.17, 15) is 4.79 Å². The Morgan fingerprint density at radius 2 is 2.05 bits per heavy atom. The van der Waals surface area contributed by atoms with Crippen LogP contribution < -0.4 is 16.6 Å². The molecule has 19 heavy (non-hydrogen) atoms. The highest BCUT2D eigenvalue weighted by atomic mass is 16.1. The second-order valence-electron chi connectivity index (χ2n) is 4.88. The van der Waals surface area contributed by atoms with Crippen LogP contribution in [0, 0.1) is 0 Å². The van der Waals surface area contributed by atoms with E-state index in [1.807, 2.05) is 6.92 Å². The number of nitrogens with one attached hydrogen (secondary N) is 2. The van der Waals surface area contributed by atoms with Crippen LogP contribution in [0.4, 0.5) is 5.82 Å². The summed E-state index contributed by atoms with van der Waals surface area (Å²) in [5, 5.41) is 3.33. The normalized spacial score (nSPS) is 18.4. The molecule has 2 rings (SSSR count). The first-order valence-electron chi connectivity index (χ1n) is 7.00. The number of rotatable bonds is 4. The van der Waals surface area contributed by atoms with Crippen LogP contribution >= 0.6 is 0 Å². The van der Waals surface area contributed by atoms with E-state index >= 15 is 0 Å². The first-order chi connectivity index (χ1) is 9.17. The number of aromatic amines is 1. The molecule has 1 fully saturated rings. The standard InChI is InChI=1S/C13H23N5O/c1-3-9-11(14)16-12(17-13(9)19)10(4-2)18-7-5-15-6-8-18/h10,15H,3-8H2,1-2H3,(H3,14,16,17,19). The fourth-order valence-corrected chi connectivity index (χ4v) is 2.65. The molecule has 6 heteroatoms. The maximum atomic E-state index is 12.0. The molecule has 0 aromatic carbocycles. The second kappa shape index (κ2) is 6.16. The lowest BCUT2D eigenvalue weighted by Crippen LogP contribution is -2.45. The molecule has 0 amide bonds. The summed E-state index contributed by atoms with van der Waals surface area (Å²) in [6, 6.07) is 0.142. The summed E-state index contributed by atoms with van der Waals surface area (Å²) in [5.74, 6) is 1.07. The summed E-state index contributed by atoms with van der Waals surface area (Å²) >= 11 is 0. The predicted octanol–water partition coefficient (Wildman–Crippen LogP) is 0.271. The quantitative estimate of drug-likeness (QED) is 0.727. The summed E-state index contributed by atoms with van der Waals surface area (Å²) in [7, 11) is 0. The van der Waals surface area contributed by atoms with E-state index in [2.05, 4.69) is 27.1 Å². The Bertz CT molecular complexity index is 478. The van der Waals surface area contributed by atoms with Gasteiger partial charge in [0.2, 0.25) is 0 Å². The van der Waals surface area contributed by atoms with Crippen LogP contribution in [0.3, 0.4) is 0 Å². The highest BCUT2D eigenvalue weighted by molar-refractivity contribution is 5.37. The molecule has 0 saturated carbocycles. The Balaban J connectivity index is 2.30. The minimum atomic E-state index is -0.0985. The van der Waals surface area contributed by atoms with E-state index in [4.69, 9.17) is 5.73 Å². The van der Waals surface area contributed by atoms with Crippen LogP contribution in [-0.4, -0.2) is 41.0 Å². The molecule has 0 aliphatic carbocycles. The summed E-state index contributed by atoms with van der Waals surface area (Å²) in [6.07, 6.45) is 1.52. The molecule has 1 saturated heterocycles. The summed E-state index contributed by atoms with van der Waals surface area (Å²) in [5.41, 5.74) is 6.38. The largest absolute Gasteiger partial charge is 0.383 e. The number of piperazine rings is 1. The molecule has 106 valence electrons. The van der Waals surface area contributed by atoms with Crippen molar-refractivity contribution in [2.45, 2.75) is 32.7 Å². The highest BCUT2D eigenvalue weighted by Gasteiger charge is 2.23. The third kappa shape index (κ3) is 2.96. The summed E-state index contributed by atoms with van der Waals surface area (Å²) in [6.45, 7) is 7.91. The summed E-state index contributed by atoms with van der Waals surface area (Å²) in [4.78, 5) is 21.7. The fourth-order valence-electron chi connectivity index (χ4n) is 2.65. The van der Waals surface area contributed by atoms with Crippen LogP contribution in [0.5, 0.6) is 0 Å². The Morgan fingerprint density at radius 1 is 1.37 bits per heavy atom. The molecule has 1 aromatic rings. The van der Waals surface area contributed by atoms with E-state index < -0.39 is 0 Å². The molecule has 0 spiro atoms. The maximum absolute atomic E-state index is 12.0. The molecule has 0 bridgehead atoms. The number of aromatic nitrogens is 2. The smallest absolute Gasteiger partial charge is 0.256 e. The zero-order chi connectivity index (χ0) is 13.8. The van der Waals surface area contributed by atoms with Crippen molar-refractivity contribution in [2.24, 2.45) is 0 Å². The van der Waals surface area contributed by atoms with Gasteiger partial charge in [0.05, 0.1) is 11.6 Å². The maximum Gasteiger partial charge on any atom is 0.256 e. The lowest BCUT2D eigenvalue weighted by Gasteiger charge is -2.33. The number of H-pyrrole nitrogens is 1. The van der Waals surface area contributed by atoms with Gasteiger partial charge < -0.3 is 16.0 Å². The van der Waals surface area contributed by atoms with Crippen molar-refractivity contribution in [1.29, 1.82) is 0 Å². The van der Waals surface area contributed by atoms with Crippen molar-refractivity contribution in [1.82, 2.24) is 20.2 Å². The highest BCUT2D eigenvalue weighted by Crippen LogP contribution is 2.21. The number of nitrogens with zero attached hydrogens (tertiary/aromatic N) is 2. The van der Waals surface area contributed by atoms with Gasteiger partial charge in [-0.25, -0.2) is 4.98 Å². The lowest BCUT2D eigenvalue weighted by molar-refractivity contribution is 0.162. The molecular formula is C13H23N5O. The number of anilines is 1. The van der Waals surface area contributed by atoms with E-state index in [0.29, 0.717) is 23.6 Å². The minimum absolute atomic E-state index is 0.0985. The molecule has 0 radical (unpaired) electrons. The second-order valence-corrected chi connectivity index (χ2v) is 4.88. The van der Waals surface area contributed by atoms with E-state index in [1.165, 1.54) is 0 Å². The van der Waals surface area contributed by atoms with E-state index in [-0.39, 0.29) is 11.6 Å². The van der Waals surface area contributed by atoms with Crippen molar-refractivity contribution in [3.05, 3.63) is 21.7 Å². The Hall–Kier alpha value is -1.40. The third-order valence-corrected chi connectivity index (χ3v) is 3.71. The van der Waals surface area contributed by atoms with Crippen molar-refractivity contribution in [2.75, 3.05) is 31.9 Å². The van der Waals surface area contributed by atoms with E-state index in [0.717, 1.165) is 32.6 Å². The topological polar surface area (TPSA) is 87.0 Å². The van der Waals surface area contributed by atoms with Crippen molar-refractivity contribution < 1.29 is 0 Å². The SMILES string of the molecule is CCc1c(N)nc(C(CC)N2CCNCC2)[nH]c1=O. The van der Waals surface area contributed by atoms with Crippen LogP contribution in [0.25, 0.3) is 0 Å². The van der Waals surface area contributed by atoms with Crippen molar-refractivity contribution in [3.8, 4) is 0 Å². The number of nitrogens with two attached hydrogens (primary N) is 1. The Labute approximate surface area is 113 Å². The lowest BCUT2D eigenvalue weighted by atomic mass is 10.1. The van der Waals surface area contributed by atoms with Gasteiger partial charge in [-0.2, -0.15) is 0 Å². The van der Waals surface area contributed by atoms with Crippen LogP contribution in [0.15, 0.2) is 4.79 Å². The molecule has 1 aliphatic heterocycles. The van der Waals surface area contributed by atoms with Crippen molar-refractivity contribution in [3.63, 3.8) is 0 Å². The Kier molecular flexibility index (Phi) is 4.55. The van der Waals surface area contributed by atoms with Gasteiger partial charge in [0.15, 0.2) is 0 Å². The first kappa shape index (κ1) is 14.0.